The summed E-state index contributed by atoms with van der Waals surface area (Å²) in [6.07, 6.45) is -1.73. The number of hydrogen-bond donors (Lipinski definition) is 1. The Hall–Kier alpha value is -4.71. The predicted octanol–water partition coefficient (Wildman–Crippen LogP) is 3.24. The molecule has 5 atom stereocenters. The Kier molecular flexibility index (Phi) is 10.4. The molecule has 0 radical (unpaired) electrons. The summed E-state index contributed by atoms with van der Waals surface area (Å²) in [7, 11) is 0. The molecule has 0 saturated carbocycles. The van der Waals surface area contributed by atoms with Gasteiger partial charge in [-0.15, -0.1) is 0 Å². The predicted molar refractivity (Wildman–Crippen MR) is 153 cm³/mol. The van der Waals surface area contributed by atoms with E-state index in [1.165, 1.54) is 23.8 Å². The van der Waals surface area contributed by atoms with E-state index in [-0.39, 0.29) is 23.5 Å². The van der Waals surface area contributed by atoms with Gasteiger partial charge in [0.05, 0.1) is 0 Å². The Labute approximate surface area is 253 Å². The maximum atomic E-state index is 13.5. The van der Waals surface area contributed by atoms with Crippen LogP contribution in [0.4, 0.5) is 0 Å². The molecule has 2 aromatic rings. The number of allylic oxidation sites excluding steroid dienone is 1. The maximum Gasteiger partial charge on any atom is 0.303 e. The second-order valence-electron chi connectivity index (χ2n) is 10.4. The molecule has 0 unspecified atom stereocenters. The molecule has 1 fully saturated rings. The standard InChI is InChI=1S/C32H34O12/c1-17(33)39-16-27-29(40-18(2)34)30(41-19(3)35)31(42-20(4)36)32(44-27)43-26-10-6-9-24(37)28(26)25(38)14-12-21-11-13-22-7-5-8-23(22)15-21/h5-6,8-11,13,15,27,29-32,37H,7,12,14,16H2,1-4H3/t27-,29-,30+,31-,32-/m1/s1. The fourth-order valence-electron chi connectivity index (χ4n) is 5.14. The summed E-state index contributed by atoms with van der Waals surface area (Å²) in [6.45, 7) is 4.03. The van der Waals surface area contributed by atoms with E-state index in [1.54, 1.807) is 0 Å². The van der Waals surface area contributed by atoms with Crippen LogP contribution in [0.1, 0.15) is 61.2 Å². The zero-order valence-electron chi connectivity index (χ0n) is 24.8. The lowest BCUT2D eigenvalue weighted by Crippen LogP contribution is -2.63. The summed E-state index contributed by atoms with van der Waals surface area (Å²) >= 11 is 0. The molecular weight excluding hydrogens is 576 g/mol. The van der Waals surface area contributed by atoms with Crippen molar-refractivity contribution in [1.82, 2.24) is 0 Å². The largest absolute Gasteiger partial charge is 0.507 e. The molecule has 1 aliphatic carbocycles. The Morgan fingerprint density at radius 2 is 1.55 bits per heavy atom. The smallest absolute Gasteiger partial charge is 0.303 e. The quantitative estimate of drug-likeness (QED) is 0.225. The molecule has 1 heterocycles. The van der Waals surface area contributed by atoms with Crippen molar-refractivity contribution in [2.24, 2.45) is 0 Å². The van der Waals surface area contributed by atoms with Crippen molar-refractivity contribution in [3.8, 4) is 11.5 Å². The second-order valence-corrected chi connectivity index (χ2v) is 10.4. The molecule has 44 heavy (non-hydrogen) atoms. The summed E-state index contributed by atoms with van der Waals surface area (Å²) in [5.41, 5.74) is 3.12. The Balaban J connectivity index is 1.64. The van der Waals surface area contributed by atoms with Crippen LogP contribution in [0, 0.1) is 0 Å². The fourth-order valence-corrected chi connectivity index (χ4v) is 5.14. The van der Waals surface area contributed by atoms with Gasteiger partial charge in [-0.1, -0.05) is 36.4 Å². The normalized spacial score (nSPS) is 22.0. The fraction of sp³-hybridized carbons (Fsp3) is 0.406. The lowest BCUT2D eigenvalue weighted by Gasteiger charge is -2.44. The van der Waals surface area contributed by atoms with Crippen molar-refractivity contribution in [2.45, 2.75) is 77.7 Å². The van der Waals surface area contributed by atoms with E-state index < -0.39 is 67.0 Å². The molecule has 234 valence electrons. The number of phenols is 1. The van der Waals surface area contributed by atoms with Gasteiger partial charge < -0.3 is 33.5 Å². The van der Waals surface area contributed by atoms with Gasteiger partial charge in [-0.2, -0.15) is 0 Å². The lowest BCUT2D eigenvalue weighted by molar-refractivity contribution is -0.288. The number of benzene rings is 2. The number of carbonyl (C=O) groups is 5. The molecule has 0 aromatic heterocycles. The number of ketones is 1. The Morgan fingerprint density at radius 3 is 2.23 bits per heavy atom. The van der Waals surface area contributed by atoms with Crippen molar-refractivity contribution < 1.29 is 57.5 Å². The van der Waals surface area contributed by atoms with Crippen molar-refractivity contribution in [1.29, 1.82) is 0 Å². The van der Waals surface area contributed by atoms with Crippen LogP contribution in [-0.4, -0.2) is 72.1 Å². The van der Waals surface area contributed by atoms with Gasteiger partial charge in [-0.3, -0.25) is 24.0 Å². The van der Waals surface area contributed by atoms with Gasteiger partial charge in [0.15, 0.2) is 18.0 Å². The topological polar surface area (TPSA) is 161 Å². The Morgan fingerprint density at radius 1 is 0.864 bits per heavy atom. The van der Waals surface area contributed by atoms with Gasteiger partial charge in [0.25, 0.3) is 0 Å². The number of rotatable bonds is 11. The molecular formula is C32H34O12. The Bertz CT molecular complexity index is 1460. The van der Waals surface area contributed by atoms with Gasteiger partial charge in [0.1, 0.15) is 29.8 Å². The molecule has 2 aromatic carbocycles. The van der Waals surface area contributed by atoms with Gasteiger partial charge in [0.2, 0.25) is 12.4 Å². The van der Waals surface area contributed by atoms with Crippen molar-refractivity contribution in [2.75, 3.05) is 6.61 Å². The highest BCUT2D eigenvalue weighted by Gasteiger charge is 2.53. The first kappa shape index (κ1) is 32.2. The van der Waals surface area contributed by atoms with Gasteiger partial charge in [0, 0.05) is 34.1 Å². The van der Waals surface area contributed by atoms with Crippen molar-refractivity contribution in [3.63, 3.8) is 0 Å². The first-order valence-corrected chi connectivity index (χ1v) is 14.0. The number of hydrogen-bond acceptors (Lipinski definition) is 12. The van der Waals surface area contributed by atoms with Crippen LogP contribution in [0.5, 0.6) is 11.5 Å². The first-order chi connectivity index (χ1) is 20.9. The summed E-state index contributed by atoms with van der Waals surface area (Å²) in [4.78, 5) is 61.3. The monoisotopic (exact) mass is 610 g/mol. The van der Waals surface area contributed by atoms with Crippen LogP contribution >= 0.6 is 0 Å². The molecule has 1 saturated heterocycles. The highest BCUT2D eigenvalue weighted by Crippen LogP contribution is 2.35. The first-order valence-electron chi connectivity index (χ1n) is 14.0. The minimum atomic E-state index is -1.56. The number of phenolic OH excluding ortho intramolecular Hbond substituents is 1. The van der Waals surface area contributed by atoms with Crippen LogP contribution in [0.15, 0.2) is 42.5 Å². The van der Waals surface area contributed by atoms with Crippen LogP contribution in [0.25, 0.3) is 6.08 Å². The van der Waals surface area contributed by atoms with E-state index in [9.17, 15) is 29.1 Å². The number of ether oxygens (including phenoxy) is 6. The van der Waals surface area contributed by atoms with Crippen molar-refractivity contribution >= 4 is 35.7 Å². The van der Waals surface area contributed by atoms with E-state index in [2.05, 4.69) is 6.08 Å². The number of carbonyl (C=O) groups excluding carboxylic acids is 5. The number of esters is 4. The summed E-state index contributed by atoms with van der Waals surface area (Å²) < 4.78 is 33.3. The van der Waals surface area contributed by atoms with Gasteiger partial charge in [-0.25, -0.2) is 0 Å². The molecule has 0 bridgehead atoms. The number of fused-ring (bicyclic) bond motifs is 1. The van der Waals surface area contributed by atoms with Crippen LogP contribution in [-0.2, 0) is 55.7 Å². The van der Waals surface area contributed by atoms with E-state index in [4.69, 9.17) is 28.4 Å². The van der Waals surface area contributed by atoms with Crippen LogP contribution in [0.2, 0.25) is 0 Å². The van der Waals surface area contributed by atoms with Crippen LogP contribution in [0.3, 0.4) is 0 Å². The summed E-state index contributed by atoms with van der Waals surface area (Å²) in [5, 5.41) is 10.7. The molecule has 12 nitrogen and oxygen atoms in total. The zero-order chi connectivity index (χ0) is 32.0. The van der Waals surface area contributed by atoms with E-state index in [0.29, 0.717) is 6.42 Å². The minimum Gasteiger partial charge on any atom is -0.507 e. The lowest BCUT2D eigenvalue weighted by atomic mass is 9.97. The van der Waals surface area contributed by atoms with Crippen LogP contribution < -0.4 is 4.74 Å². The highest BCUT2D eigenvalue weighted by molar-refractivity contribution is 6.01. The number of aryl methyl sites for hydroxylation is 1. The molecule has 1 N–H and O–H groups in total. The third-order valence-corrected chi connectivity index (χ3v) is 6.96. The van der Waals surface area contributed by atoms with E-state index in [1.807, 2.05) is 24.3 Å². The summed E-state index contributed by atoms with van der Waals surface area (Å²) in [6, 6.07) is 10.2. The molecule has 0 spiro atoms. The molecule has 12 heteroatoms. The molecule has 4 rings (SSSR count). The van der Waals surface area contributed by atoms with E-state index >= 15 is 0 Å². The maximum absolute atomic E-state index is 13.5. The third-order valence-electron chi connectivity index (χ3n) is 6.96. The highest BCUT2D eigenvalue weighted by atomic mass is 16.7. The molecule has 0 amide bonds. The second kappa shape index (κ2) is 14.2. The molecule has 2 aliphatic rings. The van der Waals surface area contributed by atoms with Gasteiger partial charge in [-0.05, 0) is 41.7 Å². The third kappa shape index (κ3) is 8.01. The number of Topliss-reactive ketones (excluding diaryl/α,β-unsaturated/α-hetero) is 1. The summed E-state index contributed by atoms with van der Waals surface area (Å²) in [5.74, 6) is -3.93. The van der Waals surface area contributed by atoms with E-state index in [0.717, 1.165) is 45.2 Å². The molecule has 1 aliphatic heterocycles. The van der Waals surface area contributed by atoms with Gasteiger partial charge >= 0.3 is 23.9 Å². The van der Waals surface area contributed by atoms with Crippen molar-refractivity contribution in [3.05, 3.63) is 64.7 Å². The average molecular weight is 611 g/mol. The zero-order valence-corrected chi connectivity index (χ0v) is 24.8. The SMILES string of the molecule is CC(=O)OC[C@H]1O[C@@H](Oc2cccc(O)c2C(=O)CCc2ccc3c(c2)C=CC3)[C@H](OC(C)=O)[C@@H](OC(C)=O)[C@@H]1OC(C)=O. The number of aromatic hydroxyl groups is 1. The minimum absolute atomic E-state index is 0.0367. The average Bonchev–Trinajstić information content (AvgIpc) is 3.41.